The molecule has 2 aromatic carbocycles. The predicted octanol–water partition coefficient (Wildman–Crippen LogP) is 2.25. The topological polar surface area (TPSA) is 106 Å². The second-order valence-corrected chi connectivity index (χ2v) is 6.48. The number of aryl methyl sites for hydroxylation is 1. The lowest BCUT2D eigenvalue weighted by Crippen LogP contribution is -2.14. The molecule has 0 aliphatic heterocycles. The van der Waals surface area contributed by atoms with E-state index in [0.717, 1.165) is 17.7 Å². The van der Waals surface area contributed by atoms with E-state index in [4.69, 9.17) is 0 Å². The molecule has 7 nitrogen and oxygen atoms in total. The molecule has 2 rings (SSSR count). The summed E-state index contributed by atoms with van der Waals surface area (Å²) in [7, 11) is -3.89. The first-order valence-electron chi connectivity index (χ1n) is 6.66. The summed E-state index contributed by atoms with van der Waals surface area (Å²) in [6, 6.07) is 9.68. The predicted molar refractivity (Wildman–Crippen MR) is 88.0 cm³/mol. The summed E-state index contributed by atoms with van der Waals surface area (Å²) in [6.07, 6.45) is 0.317. The normalized spacial score (nSPS) is 10.4. The van der Waals surface area contributed by atoms with Crippen molar-refractivity contribution in [2.24, 2.45) is 0 Å². The Bertz CT molecular complexity index is 954. The molecule has 0 saturated carbocycles. The highest BCUT2D eigenvalue weighted by atomic mass is 32.2. The smallest absolute Gasteiger partial charge is 0.270 e. The number of carbonyl (C=O) groups excluding carboxylic acids is 1. The van der Waals surface area contributed by atoms with Gasteiger partial charge in [0.05, 0.1) is 21.1 Å². The van der Waals surface area contributed by atoms with Gasteiger partial charge in [-0.2, -0.15) is 0 Å². The van der Waals surface area contributed by atoms with Gasteiger partial charge in [0.1, 0.15) is 0 Å². The molecule has 2 aromatic rings. The molecule has 0 spiro atoms. The molecule has 0 unspecified atom stereocenters. The van der Waals surface area contributed by atoms with Crippen molar-refractivity contribution >= 4 is 27.7 Å². The number of non-ortho nitro benzene ring substituents is 1. The van der Waals surface area contributed by atoms with Crippen LogP contribution in [0.5, 0.6) is 0 Å². The summed E-state index contributed by atoms with van der Waals surface area (Å²) in [5, 5.41) is 10.8. The summed E-state index contributed by atoms with van der Waals surface area (Å²) in [5.41, 5.74) is 0.729. The van der Waals surface area contributed by atoms with Crippen LogP contribution in [0.1, 0.15) is 11.1 Å². The van der Waals surface area contributed by atoms with Crippen LogP contribution >= 0.6 is 0 Å². The first-order chi connectivity index (χ1) is 11.3. The van der Waals surface area contributed by atoms with Crippen LogP contribution in [0.2, 0.25) is 0 Å². The number of sulfonamides is 1. The van der Waals surface area contributed by atoms with Gasteiger partial charge in [-0.3, -0.25) is 19.6 Å². The molecule has 0 aliphatic rings. The monoisotopic (exact) mass is 344 g/mol. The number of anilines is 1. The lowest BCUT2D eigenvalue weighted by Gasteiger charge is -2.10. The molecule has 0 bridgehead atoms. The van der Waals surface area contributed by atoms with Gasteiger partial charge in [0.2, 0.25) is 0 Å². The van der Waals surface area contributed by atoms with E-state index in [2.05, 4.69) is 16.6 Å². The largest absolute Gasteiger partial charge is 0.289 e. The Labute approximate surface area is 138 Å². The average Bonchev–Trinajstić information content (AvgIpc) is 2.53. The van der Waals surface area contributed by atoms with Crippen molar-refractivity contribution in [2.75, 3.05) is 4.72 Å². The second kappa shape index (κ2) is 6.93. The van der Waals surface area contributed by atoms with Gasteiger partial charge in [0.15, 0.2) is 6.29 Å². The van der Waals surface area contributed by atoms with Gasteiger partial charge in [-0.15, -0.1) is 0 Å². The number of nitro groups is 1. The van der Waals surface area contributed by atoms with E-state index in [0.29, 0.717) is 6.29 Å². The third kappa shape index (κ3) is 3.97. The summed E-state index contributed by atoms with van der Waals surface area (Å²) in [5.74, 6) is 4.51. The van der Waals surface area contributed by atoms with E-state index in [1.165, 1.54) is 18.2 Å². The third-order valence-electron chi connectivity index (χ3n) is 3.06. The molecule has 24 heavy (non-hydrogen) atoms. The Morgan fingerprint density at radius 2 is 1.83 bits per heavy atom. The van der Waals surface area contributed by atoms with Gasteiger partial charge in [0.25, 0.3) is 15.7 Å². The van der Waals surface area contributed by atoms with Gasteiger partial charge in [0, 0.05) is 12.1 Å². The van der Waals surface area contributed by atoms with Crippen LogP contribution < -0.4 is 4.72 Å². The molecule has 0 fully saturated rings. The van der Waals surface area contributed by atoms with Gasteiger partial charge in [-0.25, -0.2) is 8.42 Å². The standard InChI is InChI=1S/C16H12N2O5S/c1-12-4-7-15(8-5-12)24(22,23)17-16-9-6-14(18(20)21)11-13(16)3-2-10-19/h4-11,17H,1H3. The minimum absolute atomic E-state index is 0.0342. The number of benzene rings is 2. The van der Waals surface area contributed by atoms with Gasteiger partial charge < -0.3 is 0 Å². The van der Waals surface area contributed by atoms with Crippen LogP contribution in [0.25, 0.3) is 0 Å². The summed E-state index contributed by atoms with van der Waals surface area (Å²) >= 11 is 0. The Balaban J connectivity index is 2.46. The first kappa shape index (κ1) is 17.2. The molecule has 0 amide bonds. The zero-order valence-corrected chi connectivity index (χ0v) is 13.3. The lowest BCUT2D eigenvalue weighted by atomic mass is 10.1. The Morgan fingerprint density at radius 1 is 1.17 bits per heavy atom. The van der Waals surface area contributed by atoms with Crippen molar-refractivity contribution in [3.8, 4) is 11.8 Å². The first-order valence-corrected chi connectivity index (χ1v) is 8.15. The Morgan fingerprint density at radius 3 is 2.42 bits per heavy atom. The number of rotatable bonds is 4. The molecular weight excluding hydrogens is 332 g/mol. The van der Waals surface area contributed by atoms with Crippen LogP contribution in [0.15, 0.2) is 47.4 Å². The molecule has 122 valence electrons. The summed E-state index contributed by atoms with van der Waals surface area (Å²) in [4.78, 5) is 20.6. The fourth-order valence-corrected chi connectivity index (χ4v) is 2.95. The maximum atomic E-state index is 12.4. The highest BCUT2D eigenvalue weighted by Gasteiger charge is 2.17. The fourth-order valence-electron chi connectivity index (χ4n) is 1.87. The Hall–Kier alpha value is -3.18. The maximum absolute atomic E-state index is 12.4. The zero-order chi connectivity index (χ0) is 17.7. The van der Waals surface area contributed by atoms with Crippen molar-refractivity contribution in [1.29, 1.82) is 0 Å². The molecule has 1 N–H and O–H groups in total. The van der Waals surface area contributed by atoms with Gasteiger partial charge >= 0.3 is 0 Å². The third-order valence-corrected chi connectivity index (χ3v) is 4.44. The Kier molecular flexibility index (Phi) is 4.96. The minimum Gasteiger partial charge on any atom is -0.289 e. The number of aldehydes is 1. The molecular formula is C16H12N2O5S. The van der Waals surface area contributed by atoms with E-state index >= 15 is 0 Å². The fraction of sp³-hybridized carbons (Fsp3) is 0.0625. The minimum atomic E-state index is -3.89. The van der Waals surface area contributed by atoms with E-state index in [1.54, 1.807) is 12.1 Å². The van der Waals surface area contributed by atoms with Crippen LogP contribution in [0.4, 0.5) is 11.4 Å². The highest BCUT2D eigenvalue weighted by molar-refractivity contribution is 7.92. The van der Waals surface area contributed by atoms with Crippen LogP contribution in [-0.4, -0.2) is 19.6 Å². The molecule has 0 atom stereocenters. The van der Waals surface area contributed by atoms with E-state index in [9.17, 15) is 23.3 Å². The van der Waals surface area contributed by atoms with Crippen LogP contribution in [-0.2, 0) is 14.8 Å². The van der Waals surface area contributed by atoms with E-state index in [-0.39, 0.29) is 21.8 Å². The van der Waals surface area contributed by atoms with Gasteiger partial charge in [-0.1, -0.05) is 23.6 Å². The maximum Gasteiger partial charge on any atom is 0.270 e. The average molecular weight is 344 g/mol. The number of hydrogen-bond acceptors (Lipinski definition) is 5. The molecule has 0 heterocycles. The second-order valence-electron chi connectivity index (χ2n) is 4.79. The molecule has 0 saturated heterocycles. The summed E-state index contributed by atoms with van der Waals surface area (Å²) in [6.45, 7) is 1.83. The highest BCUT2D eigenvalue weighted by Crippen LogP contribution is 2.24. The zero-order valence-electron chi connectivity index (χ0n) is 12.5. The van der Waals surface area contributed by atoms with Crippen LogP contribution in [0.3, 0.4) is 0 Å². The van der Waals surface area contributed by atoms with Crippen molar-refractivity contribution in [3.63, 3.8) is 0 Å². The van der Waals surface area contributed by atoms with Crippen molar-refractivity contribution < 1.29 is 18.1 Å². The SMILES string of the molecule is Cc1ccc(S(=O)(=O)Nc2ccc([N+](=O)[O-])cc2C#CC=O)cc1. The number of hydrogen-bond donors (Lipinski definition) is 1. The number of nitrogens with zero attached hydrogens (tertiary/aromatic N) is 1. The molecule has 8 heteroatoms. The van der Waals surface area contributed by atoms with Crippen molar-refractivity contribution in [2.45, 2.75) is 11.8 Å². The number of nitro benzene ring substituents is 1. The lowest BCUT2D eigenvalue weighted by molar-refractivity contribution is -0.384. The van der Waals surface area contributed by atoms with Gasteiger partial charge in [-0.05, 0) is 31.0 Å². The molecule has 0 radical (unpaired) electrons. The van der Waals surface area contributed by atoms with E-state index in [1.807, 2.05) is 6.92 Å². The van der Waals surface area contributed by atoms with Crippen molar-refractivity contribution in [3.05, 3.63) is 63.7 Å². The molecule has 0 aromatic heterocycles. The number of carbonyl (C=O) groups is 1. The number of nitrogens with one attached hydrogen (secondary N) is 1. The van der Waals surface area contributed by atoms with E-state index < -0.39 is 14.9 Å². The quantitative estimate of drug-likeness (QED) is 0.396. The summed E-state index contributed by atoms with van der Waals surface area (Å²) < 4.78 is 27.1. The molecule has 0 aliphatic carbocycles. The van der Waals surface area contributed by atoms with Crippen LogP contribution in [0, 0.1) is 28.9 Å². The van der Waals surface area contributed by atoms with Crippen molar-refractivity contribution in [1.82, 2.24) is 0 Å².